The summed E-state index contributed by atoms with van der Waals surface area (Å²) in [4.78, 5) is 19.4. The van der Waals surface area contributed by atoms with Gasteiger partial charge in [0.05, 0.1) is 18.7 Å². The Kier molecular flexibility index (Phi) is 6.45. The number of furan rings is 1. The number of aromatic nitrogens is 1. The average molecular weight is 541 g/mol. The SMILES string of the molecule is CC(O)(c1cc2cc(CC(=O)N3CCc4cc(Cl)ccc4C3c3ccccc3)ccc2o1)c1ccncc1F. The zero-order chi connectivity index (χ0) is 27.1. The van der Waals surface area contributed by atoms with Gasteiger partial charge < -0.3 is 14.4 Å². The highest BCUT2D eigenvalue weighted by molar-refractivity contribution is 6.30. The first-order chi connectivity index (χ1) is 18.8. The minimum absolute atomic E-state index is 0.0124. The van der Waals surface area contributed by atoms with E-state index in [2.05, 4.69) is 4.98 Å². The van der Waals surface area contributed by atoms with E-state index < -0.39 is 11.4 Å². The molecule has 0 spiro atoms. The van der Waals surface area contributed by atoms with Crippen molar-refractivity contribution in [1.29, 1.82) is 0 Å². The van der Waals surface area contributed by atoms with Crippen molar-refractivity contribution < 1.29 is 18.7 Å². The predicted molar refractivity (Wildman–Crippen MR) is 148 cm³/mol. The van der Waals surface area contributed by atoms with Gasteiger partial charge in [0.1, 0.15) is 22.8 Å². The molecule has 5 aromatic rings. The van der Waals surface area contributed by atoms with Gasteiger partial charge in [-0.3, -0.25) is 9.78 Å². The van der Waals surface area contributed by atoms with E-state index in [1.165, 1.54) is 19.2 Å². The van der Waals surface area contributed by atoms with Crippen molar-refractivity contribution in [2.24, 2.45) is 0 Å². The molecule has 1 N–H and O–H groups in total. The Bertz CT molecular complexity index is 1680. The fourth-order valence-corrected chi connectivity index (χ4v) is 5.68. The molecule has 2 unspecified atom stereocenters. The number of amides is 1. The summed E-state index contributed by atoms with van der Waals surface area (Å²) in [6.45, 7) is 2.07. The van der Waals surface area contributed by atoms with Crippen LogP contribution < -0.4 is 0 Å². The number of pyridine rings is 1. The van der Waals surface area contributed by atoms with E-state index in [0.717, 1.165) is 40.3 Å². The predicted octanol–water partition coefficient (Wildman–Crippen LogP) is 6.59. The number of carbonyl (C=O) groups excluding carboxylic acids is 1. The molecule has 0 radical (unpaired) electrons. The van der Waals surface area contributed by atoms with Crippen molar-refractivity contribution >= 4 is 28.5 Å². The van der Waals surface area contributed by atoms with Crippen LogP contribution in [0.3, 0.4) is 0 Å². The summed E-state index contributed by atoms with van der Waals surface area (Å²) in [7, 11) is 0. The molecule has 0 fully saturated rings. The summed E-state index contributed by atoms with van der Waals surface area (Å²) < 4.78 is 20.3. The molecular formula is C32H26ClFN2O3. The van der Waals surface area contributed by atoms with Crippen molar-refractivity contribution in [2.45, 2.75) is 31.4 Å². The van der Waals surface area contributed by atoms with Gasteiger partial charge in [-0.1, -0.05) is 54.1 Å². The number of benzene rings is 3. The molecule has 1 aliphatic heterocycles. The summed E-state index contributed by atoms with van der Waals surface area (Å²) in [5.41, 5.74) is 3.05. The van der Waals surface area contributed by atoms with Gasteiger partial charge in [0.2, 0.25) is 5.91 Å². The van der Waals surface area contributed by atoms with Crippen molar-refractivity contribution in [2.75, 3.05) is 6.54 Å². The van der Waals surface area contributed by atoms with E-state index >= 15 is 0 Å². The number of nitrogens with zero attached hydrogens (tertiary/aromatic N) is 2. The van der Waals surface area contributed by atoms with Gasteiger partial charge in [-0.25, -0.2) is 4.39 Å². The molecule has 3 heterocycles. The first kappa shape index (κ1) is 25.3. The van der Waals surface area contributed by atoms with Crippen molar-refractivity contribution in [3.63, 3.8) is 0 Å². The van der Waals surface area contributed by atoms with Crippen LogP contribution in [0.2, 0.25) is 5.02 Å². The van der Waals surface area contributed by atoms with Crippen LogP contribution in [0.5, 0.6) is 0 Å². The van der Waals surface area contributed by atoms with Gasteiger partial charge in [0, 0.05) is 28.7 Å². The van der Waals surface area contributed by atoms with E-state index in [0.29, 0.717) is 17.2 Å². The average Bonchev–Trinajstić information content (AvgIpc) is 3.37. The first-order valence-electron chi connectivity index (χ1n) is 12.8. The molecule has 2 atom stereocenters. The highest BCUT2D eigenvalue weighted by Gasteiger charge is 2.34. The molecule has 7 heteroatoms. The van der Waals surface area contributed by atoms with E-state index in [1.54, 1.807) is 12.1 Å². The summed E-state index contributed by atoms with van der Waals surface area (Å²) in [6.07, 6.45) is 3.43. The minimum atomic E-state index is -1.69. The largest absolute Gasteiger partial charge is 0.458 e. The van der Waals surface area contributed by atoms with Gasteiger partial charge in [-0.2, -0.15) is 0 Å². The molecule has 3 aromatic carbocycles. The summed E-state index contributed by atoms with van der Waals surface area (Å²) in [6, 6.07) is 24.4. The summed E-state index contributed by atoms with van der Waals surface area (Å²) >= 11 is 6.27. The van der Waals surface area contributed by atoms with Crippen LogP contribution in [0, 0.1) is 5.82 Å². The van der Waals surface area contributed by atoms with Crippen molar-refractivity contribution in [3.05, 3.63) is 136 Å². The molecule has 6 rings (SSSR count). The fourth-order valence-electron chi connectivity index (χ4n) is 5.48. The third-order valence-corrected chi connectivity index (χ3v) is 7.72. The van der Waals surface area contributed by atoms with E-state index in [1.807, 2.05) is 65.6 Å². The molecule has 2 aromatic heterocycles. The van der Waals surface area contributed by atoms with Crippen LogP contribution in [-0.4, -0.2) is 27.4 Å². The molecule has 0 saturated heterocycles. The highest BCUT2D eigenvalue weighted by atomic mass is 35.5. The maximum Gasteiger partial charge on any atom is 0.227 e. The molecule has 1 amide bonds. The Labute approximate surface area is 230 Å². The number of aliphatic hydroxyl groups is 1. The molecular weight excluding hydrogens is 515 g/mol. The van der Waals surface area contributed by atoms with Crippen LogP contribution in [-0.2, 0) is 23.2 Å². The number of halogens is 2. The van der Waals surface area contributed by atoms with E-state index in [4.69, 9.17) is 16.0 Å². The molecule has 0 bridgehead atoms. The third kappa shape index (κ3) is 4.71. The Hall–Kier alpha value is -4.00. The minimum Gasteiger partial charge on any atom is -0.458 e. The lowest BCUT2D eigenvalue weighted by Gasteiger charge is -2.38. The Morgan fingerprint density at radius 3 is 2.74 bits per heavy atom. The molecule has 1 aliphatic rings. The van der Waals surface area contributed by atoms with Crippen molar-refractivity contribution in [1.82, 2.24) is 9.88 Å². The van der Waals surface area contributed by atoms with Crippen LogP contribution >= 0.6 is 11.6 Å². The smallest absolute Gasteiger partial charge is 0.227 e. The number of hydrogen-bond acceptors (Lipinski definition) is 4. The lowest BCUT2D eigenvalue weighted by molar-refractivity contribution is -0.132. The topological polar surface area (TPSA) is 66.6 Å². The van der Waals surface area contributed by atoms with Crippen molar-refractivity contribution in [3.8, 4) is 0 Å². The Balaban J connectivity index is 1.29. The Morgan fingerprint density at radius 1 is 1.13 bits per heavy atom. The molecule has 196 valence electrons. The second-order valence-corrected chi connectivity index (χ2v) is 10.5. The van der Waals surface area contributed by atoms with E-state index in [-0.39, 0.29) is 29.7 Å². The standard InChI is InChI=1S/C32H26ClFN2O3/c1-32(38,26-11-13-35-19-27(26)34)29-18-23-15-20(7-10-28(23)39-29)16-30(37)36-14-12-22-17-24(33)8-9-25(22)31(36)21-5-3-2-4-6-21/h2-11,13,15,17-19,31,38H,12,14,16H2,1H3. The van der Waals surface area contributed by atoms with Gasteiger partial charge in [0.25, 0.3) is 0 Å². The molecule has 0 saturated carbocycles. The van der Waals surface area contributed by atoms with Crippen LogP contribution in [0.1, 0.15) is 46.5 Å². The van der Waals surface area contributed by atoms with Crippen LogP contribution in [0.15, 0.2) is 95.7 Å². The number of fused-ring (bicyclic) bond motifs is 2. The second kappa shape index (κ2) is 9.95. The lowest BCUT2D eigenvalue weighted by Crippen LogP contribution is -2.41. The molecule has 5 nitrogen and oxygen atoms in total. The third-order valence-electron chi connectivity index (χ3n) is 7.48. The summed E-state index contributed by atoms with van der Waals surface area (Å²) in [5, 5.41) is 12.5. The zero-order valence-corrected chi connectivity index (χ0v) is 22.0. The lowest BCUT2D eigenvalue weighted by atomic mass is 9.87. The quantitative estimate of drug-likeness (QED) is 0.273. The zero-order valence-electron chi connectivity index (χ0n) is 21.3. The van der Waals surface area contributed by atoms with Gasteiger partial charge >= 0.3 is 0 Å². The normalized spacial score (nSPS) is 16.6. The van der Waals surface area contributed by atoms with Crippen LogP contribution in [0.4, 0.5) is 4.39 Å². The maximum atomic E-state index is 14.4. The monoisotopic (exact) mass is 540 g/mol. The van der Waals surface area contributed by atoms with Gasteiger partial charge in [-0.05, 0) is 72.0 Å². The van der Waals surface area contributed by atoms with Crippen LogP contribution in [0.25, 0.3) is 11.0 Å². The number of carbonyl (C=O) groups is 1. The van der Waals surface area contributed by atoms with E-state index in [9.17, 15) is 14.3 Å². The fraction of sp³-hybridized carbons (Fsp3) is 0.188. The number of rotatable bonds is 5. The second-order valence-electron chi connectivity index (χ2n) is 10.1. The maximum absolute atomic E-state index is 14.4. The first-order valence-corrected chi connectivity index (χ1v) is 13.2. The van der Waals surface area contributed by atoms with Gasteiger partial charge in [-0.15, -0.1) is 0 Å². The number of hydrogen-bond donors (Lipinski definition) is 1. The molecule has 39 heavy (non-hydrogen) atoms. The Morgan fingerprint density at radius 2 is 1.95 bits per heavy atom. The molecule has 0 aliphatic carbocycles. The highest BCUT2D eigenvalue weighted by Crippen LogP contribution is 2.38. The van der Waals surface area contributed by atoms with Gasteiger partial charge in [0.15, 0.2) is 0 Å². The summed E-state index contributed by atoms with van der Waals surface area (Å²) in [5.74, 6) is -0.396.